The molecule has 1 aromatic rings. The Bertz CT molecular complexity index is 360. The summed E-state index contributed by atoms with van der Waals surface area (Å²) < 4.78 is 11.5. The Hall–Kier alpha value is -0.690. The molecule has 0 aliphatic rings. The second-order valence-corrected chi connectivity index (χ2v) is 5.33. The number of hydrogen-bond acceptors (Lipinski definition) is 5. The lowest BCUT2D eigenvalue weighted by Crippen LogP contribution is -2.08. The first-order valence-corrected chi connectivity index (χ1v) is 6.93. The maximum atomic E-state index is 10.8. The van der Waals surface area contributed by atoms with E-state index < -0.39 is 10.8 Å². The Balaban J connectivity index is 2.44. The molecule has 84 valence electrons. The zero-order valence-electron chi connectivity index (χ0n) is 8.36. The van der Waals surface area contributed by atoms with Gasteiger partial charge in [-0.15, -0.1) is 0 Å². The van der Waals surface area contributed by atoms with Gasteiger partial charge in [0.15, 0.2) is 0 Å². The van der Waals surface area contributed by atoms with Gasteiger partial charge in [0.1, 0.15) is 22.4 Å². The summed E-state index contributed by atoms with van der Waals surface area (Å²) >= 11 is 3.29. The van der Waals surface area contributed by atoms with Crippen molar-refractivity contribution in [2.75, 3.05) is 29.6 Å². The van der Waals surface area contributed by atoms with Crippen LogP contribution in [0.25, 0.3) is 0 Å². The summed E-state index contributed by atoms with van der Waals surface area (Å²) in [6.45, 7) is 0.717. The van der Waals surface area contributed by atoms with E-state index in [9.17, 15) is 4.21 Å². The Morgan fingerprint density at radius 3 is 3.00 bits per heavy atom. The summed E-state index contributed by atoms with van der Waals surface area (Å²) in [6, 6.07) is 0. The van der Waals surface area contributed by atoms with E-state index in [0.29, 0.717) is 28.4 Å². The summed E-state index contributed by atoms with van der Waals surface area (Å²) in [7, 11) is -0.742. The highest BCUT2D eigenvalue weighted by atomic mass is 79.9. The van der Waals surface area contributed by atoms with Gasteiger partial charge in [-0.05, 0) is 22.4 Å². The maximum absolute atomic E-state index is 10.8. The van der Waals surface area contributed by atoms with Crippen molar-refractivity contribution >= 4 is 38.4 Å². The topological polar surface area (TPSA) is 80.9 Å². The SMILES string of the molecule is CS(=O)CCCNc1ncnc(N)c1Br. The number of rotatable bonds is 5. The van der Waals surface area contributed by atoms with Crippen molar-refractivity contribution in [1.82, 2.24) is 9.97 Å². The highest BCUT2D eigenvalue weighted by Gasteiger charge is 2.04. The average Bonchev–Trinajstić information content (AvgIpc) is 2.18. The van der Waals surface area contributed by atoms with Crippen molar-refractivity contribution in [1.29, 1.82) is 0 Å². The van der Waals surface area contributed by atoms with Crippen LogP contribution >= 0.6 is 15.9 Å². The Kier molecular flexibility index (Phi) is 4.97. The van der Waals surface area contributed by atoms with Gasteiger partial charge in [0.05, 0.1) is 0 Å². The molecule has 15 heavy (non-hydrogen) atoms. The molecule has 0 radical (unpaired) electrons. The van der Waals surface area contributed by atoms with Crippen molar-refractivity contribution in [3.63, 3.8) is 0 Å². The molecule has 5 nitrogen and oxygen atoms in total. The molecule has 1 unspecified atom stereocenters. The van der Waals surface area contributed by atoms with Crippen LogP contribution in [-0.4, -0.2) is 32.7 Å². The molecule has 1 heterocycles. The number of aromatic nitrogens is 2. The molecule has 3 N–H and O–H groups in total. The van der Waals surface area contributed by atoms with Crippen LogP contribution in [0.3, 0.4) is 0 Å². The van der Waals surface area contributed by atoms with Crippen molar-refractivity contribution in [2.24, 2.45) is 0 Å². The highest BCUT2D eigenvalue weighted by Crippen LogP contribution is 2.23. The quantitative estimate of drug-likeness (QED) is 0.792. The highest BCUT2D eigenvalue weighted by molar-refractivity contribution is 9.10. The molecule has 1 atom stereocenters. The molecule has 0 saturated heterocycles. The first-order valence-electron chi connectivity index (χ1n) is 4.41. The Morgan fingerprint density at radius 2 is 2.33 bits per heavy atom. The number of nitrogens with two attached hydrogens (primary N) is 1. The molecule has 0 spiro atoms. The number of nitrogens with one attached hydrogen (secondary N) is 1. The van der Waals surface area contributed by atoms with Gasteiger partial charge in [-0.1, -0.05) is 0 Å². The van der Waals surface area contributed by atoms with Crippen LogP contribution < -0.4 is 11.1 Å². The van der Waals surface area contributed by atoms with Crippen LogP contribution in [0.15, 0.2) is 10.8 Å². The Morgan fingerprint density at radius 1 is 1.60 bits per heavy atom. The van der Waals surface area contributed by atoms with Crippen LogP contribution in [0.4, 0.5) is 11.6 Å². The first kappa shape index (κ1) is 12.4. The molecule has 0 saturated carbocycles. The van der Waals surface area contributed by atoms with Gasteiger partial charge >= 0.3 is 0 Å². The summed E-state index contributed by atoms with van der Waals surface area (Å²) in [6.07, 6.45) is 3.93. The largest absolute Gasteiger partial charge is 0.383 e. The first-order chi connectivity index (χ1) is 7.11. The van der Waals surface area contributed by atoms with Gasteiger partial charge in [-0.2, -0.15) is 0 Å². The van der Waals surface area contributed by atoms with Crippen LogP contribution in [0, 0.1) is 0 Å². The second kappa shape index (κ2) is 6.02. The third-order valence-corrected chi connectivity index (χ3v) is 3.36. The average molecular weight is 293 g/mol. The molecule has 0 bridgehead atoms. The van der Waals surface area contributed by atoms with Gasteiger partial charge in [0.25, 0.3) is 0 Å². The van der Waals surface area contributed by atoms with E-state index in [1.54, 1.807) is 6.26 Å². The van der Waals surface area contributed by atoms with Crippen LogP contribution in [-0.2, 0) is 10.8 Å². The number of halogens is 1. The van der Waals surface area contributed by atoms with Gasteiger partial charge in [0, 0.05) is 29.4 Å². The fraction of sp³-hybridized carbons (Fsp3) is 0.500. The standard InChI is InChI=1S/C8H13BrN4OS/c1-15(14)4-2-3-11-8-6(9)7(10)12-5-13-8/h5H,2-4H2,1H3,(H3,10,11,12,13). The van der Waals surface area contributed by atoms with Crippen molar-refractivity contribution in [3.05, 3.63) is 10.8 Å². The fourth-order valence-electron chi connectivity index (χ4n) is 0.989. The monoisotopic (exact) mass is 292 g/mol. The van der Waals surface area contributed by atoms with E-state index in [-0.39, 0.29) is 0 Å². The number of hydrogen-bond donors (Lipinski definition) is 2. The summed E-state index contributed by atoms with van der Waals surface area (Å²) in [5.41, 5.74) is 5.59. The van der Waals surface area contributed by atoms with Gasteiger partial charge in [-0.3, -0.25) is 4.21 Å². The van der Waals surface area contributed by atoms with Gasteiger partial charge < -0.3 is 11.1 Å². The van der Waals surface area contributed by atoms with E-state index in [2.05, 4.69) is 31.2 Å². The molecule has 0 aromatic carbocycles. The smallest absolute Gasteiger partial charge is 0.145 e. The molecule has 0 fully saturated rings. The minimum absolute atomic E-state index is 0.409. The molecular formula is C8H13BrN4OS. The lowest BCUT2D eigenvalue weighted by Gasteiger charge is -2.07. The van der Waals surface area contributed by atoms with E-state index in [4.69, 9.17) is 5.73 Å². The fourth-order valence-corrected chi connectivity index (χ4v) is 1.88. The summed E-state index contributed by atoms with van der Waals surface area (Å²) in [5, 5.41) is 3.10. The third kappa shape index (κ3) is 4.13. The predicted octanol–water partition coefficient (Wildman–Crippen LogP) is 1.00. The van der Waals surface area contributed by atoms with Gasteiger partial charge in [0.2, 0.25) is 0 Å². The summed E-state index contributed by atoms with van der Waals surface area (Å²) in [5.74, 6) is 1.77. The van der Waals surface area contributed by atoms with Crippen LogP contribution in [0.2, 0.25) is 0 Å². The normalized spacial score (nSPS) is 12.4. The van der Waals surface area contributed by atoms with Crippen molar-refractivity contribution in [3.8, 4) is 0 Å². The van der Waals surface area contributed by atoms with Crippen LogP contribution in [0.1, 0.15) is 6.42 Å². The van der Waals surface area contributed by atoms with E-state index >= 15 is 0 Å². The van der Waals surface area contributed by atoms with Crippen molar-refractivity contribution in [2.45, 2.75) is 6.42 Å². The zero-order valence-corrected chi connectivity index (χ0v) is 10.8. The van der Waals surface area contributed by atoms with Crippen molar-refractivity contribution < 1.29 is 4.21 Å². The van der Waals surface area contributed by atoms with E-state index in [1.165, 1.54) is 6.33 Å². The predicted molar refractivity (Wildman–Crippen MR) is 66.2 cm³/mol. The van der Waals surface area contributed by atoms with Crippen LogP contribution in [0.5, 0.6) is 0 Å². The molecule has 7 heteroatoms. The van der Waals surface area contributed by atoms with E-state index in [0.717, 1.165) is 6.42 Å². The minimum Gasteiger partial charge on any atom is -0.383 e. The summed E-state index contributed by atoms with van der Waals surface area (Å²) in [4.78, 5) is 7.86. The molecule has 0 amide bonds. The third-order valence-electron chi connectivity index (χ3n) is 1.72. The number of anilines is 2. The number of nitrogen functional groups attached to an aromatic ring is 1. The zero-order chi connectivity index (χ0) is 11.3. The Labute approximate surface area is 99.5 Å². The minimum atomic E-state index is -0.742. The lowest BCUT2D eigenvalue weighted by atomic mass is 10.4. The molecule has 0 aliphatic heterocycles. The molecule has 1 aromatic heterocycles. The molecule has 0 aliphatic carbocycles. The number of nitrogens with zero attached hydrogens (tertiary/aromatic N) is 2. The lowest BCUT2D eigenvalue weighted by molar-refractivity contribution is 0.685. The van der Waals surface area contributed by atoms with Gasteiger partial charge in [-0.25, -0.2) is 9.97 Å². The molecular weight excluding hydrogens is 280 g/mol. The van der Waals surface area contributed by atoms with E-state index in [1.807, 2.05) is 0 Å². The molecule has 1 rings (SSSR count). The second-order valence-electron chi connectivity index (χ2n) is 2.98. The maximum Gasteiger partial charge on any atom is 0.145 e.